The Balaban J connectivity index is 1.78. The molecule has 138 valence electrons. The van der Waals surface area contributed by atoms with Crippen molar-refractivity contribution >= 4 is 33.0 Å². The Labute approximate surface area is 155 Å². The van der Waals surface area contributed by atoms with Crippen LogP contribution in [0, 0.1) is 0 Å². The predicted molar refractivity (Wildman–Crippen MR) is 95.6 cm³/mol. The summed E-state index contributed by atoms with van der Waals surface area (Å²) in [6, 6.07) is 9.15. The quantitative estimate of drug-likeness (QED) is 0.781. The summed E-state index contributed by atoms with van der Waals surface area (Å²) in [5.74, 6) is -0.564. The molecule has 26 heavy (non-hydrogen) atoms. The second-order valence-corrected chi connectivity index (χ2v) is 8.75. The highest BCUT2D eigenvalue weighted by atomic mass is 35.5. The van der Waals surface area contributed by atoms with Crippen LogP contribution in [0.2, 0.25) is 5.02 Å². The van der Waals surface area contributed by atoms with Crippen molar-refractivity contribution in [2.24, 2.45) is 0 Å². The first-order valence-corrected chi connectivity index (χ1v) is 9.94. The van der Waals surface area contributed by atoms with Gasteiger partial charge >= 0.3 is 0 Å². The van der Waals surface area contributed by atoms with Gasteiger partial charge in [-0.2, -0.15) is 0 Å². The van der Waals surface area contributed by atoms with Crippen LogP contribution < -0.4 is 5.32 Å². The monoisotopic (exact) mass is 399 g/mol. The number of nitrogens with one attached hydrogen (secondary N) is 1. The van der Waals surface area contributed by atoms with Crippen LogP contribution in [-0.4, -0.2) is 19.6 Å². The Kier molecular flexibility index (Phi) is 5.29. The zero-order valence-corrected chi connectivity index (χ0v) is 15.2. The highest BCUT2D eigenvalue weighted by molar-refractivity contribution is 7.92. The summed E-state index contributed by atoms with van der Waals surface area (Å²) in [5.41, 5.74) is 0.0170. The Morgan fingerprint density at radius 1 is 1.12 bits per heavy atom. The van der Waals surface area contributed by atoms with Crippen molar-refractivity contribution in [1.29, 1.82) is 0 Å². The molecule has 1 amide bonds. The Bertz CT molecular complexity index is 926. The molecule has 2 aromatic carbocycles. The number of hydrogen-bond donors (Lipinski definition) is 1. The van der Waals surface area contributed by atoms with Crippen LogP contribution in [0.25, 0.3) is 0 Å². The van der Waals surface area contributed by atoms with Crippen molar-refractivity contribution in [1.82, 2.24) is 0 Å². The normalized spacial score (nSPS) is 14.9. The second kappa shape index (κ2) is 7.32. The van der Waals surface area contributed by atoms with Gasteiger partial charge in [-0.1, -0.05) is 24.1 Å². The van der Waals surface area contributed by atoms with E-state index in [0.29, 0.717) is 12.8 Å². The van der Waals surface area contributed by atoms with E-state index in [1.54, 1.807) is 0 Å². The molecule has 1 fully saturated rings. The number of sulfone groups is 1. The van der Waals surface area contributed by atoms with Crippen LogP contribution in [0.4, 0.5) is 14.5 Å². The van der Waals surface area contributed by atoms with Gasteiger partial charge in [0.25, 0.3) is 12.3 Å². The third-order valence-electron chi connectivity index (χ3n) is 4.43. The third-order valence-corrected chi connectivity index (χ3v) is 7.03. The molecule has 0 heterocycles. The molecule has 0 aromatic heterocycles. The number of rotatable bonds is 5. The molecule has 3 rings (SSSR count). The summed E-state index contributed by atoms with van der Waals surface area (Å²) in [6.07, 6.45) is -0.463. The van der Waals surface area contributed by atoms with Gasteiger partial charge in [0.1, 0.15) is 0 Å². The van der Waals surface area contributed by atoms with E-state index in [2.05, 4.69) is 5.32 Å². The topological polar surface area (TPSA) is 63.2 Å². The maximum absolute atomic E-state index is 12.8. The summed E-state index contributed by atoms with van der Waals surface area (Å²) in [7, 11) is -3.36. The molecule has 1 aliphatic carbocycles. The molecule has 4 nitrogen and oxygen atoms in total. The first kappa shape index (κ1) is 18.8. The smallest absolute Gasteiger partial charge is 0.263 e. The largest absolute Gasteiger partial charge is 0.321 e. The Hall–Kier alpha value is -1.99. The van der Waals surface area contributed by atoms with Crippen molar-refractivity contribution in [2.45, 2.75) is 35.8 Å². The van der Waals surface area contributed by atoms with Crippen molar-refractivity contribution in [3.8, 4) is 0 Å². The molecule has 0 unspecified atom stereocenters. The van der Waals surface area contributed by atoms with E-state index >= 15 is 0 Å². The van der Waals surface area contributed by atoms with Gasteiger partial charge in [-0.15, -0.1) is 0 Å². The molecule has 0 aliphatic heterocycles. The van der Waals surface area contributed by atoms with Gasteiger partial charge in [0.15, 0.2) is 9.84 Å². The van der Waals surface area contributed by atoms with Gasteiger partial charge in [0.05, 0.1) is 20.9 Å². The summed E-state index contributed by atoms with van der Waals surface area (Å²) in [6.45, 7) is 0. The lowest BCUT2D eigenvalue weighted by Crippen LogP contribution is -2.28. The van der Waals surface area contributed by atoms with Gasteiger partial charge in [-0.3, -0.25) is 4.79 Å². The zero-order valence-electron chi connectivity index (χ0n) is 13.6. The first-order valence-electron chi connectivity index (χ1n) is 8.02. The fourth-order valence-electron chi connectivity index (χ4n) is 2.64. The van der Waals surface area contributed by atoms with E-state index in [-0.39, 0.29) is 32.0 Å². The fourth-order valence-corrected chi connectivity index (χ4v) is 4.66. The summed E-state index contributed by atoms with van der Waals surface area (Å²) < 4.78 is 50.3. The number of carbonyl (C=O) groups is 1. The van der Waals surface area contributed by atoms with Crippen LogP contribution in [-0.2, 0) is 9.84 Å². The molecule has 0 bridgehead atoms. The zero-order chi connectivity index (χ0) is 18.9. The van der Waals surface area contributed by atoms with Crippen molar-refractivity contribution < 1.29 is 22.0 Å². The summed E-state index contributed by atoms with van der Waals surface area (Å²) >= 11 is 5.94. The maximum atomic E-state index is 12.8. The average Bonchev–Trinajstić information content (AvgIpc) is 2.54. The number of anilines is 1. The number of amides is 1. The average molecular weight is 400 g/mol. The molecule has 1 N–H and O–H groups in total. The molecule has 1 saturated carbocycles. The van der Waals surface area contributed by atoms with Crippen molar-refractivity contribution in [3.63, 3.8) is 0 Å². The molecular formula is C18H16ClF2NO3S. The lowest BCUT2D eigenvalue weighted by Gasteiger charge is -2.25. The van der Waals surface area contributed by atoms with Crippen LogP contribution in [0.3, 0.4) is 0 Å². The third kappa shape index (κ3) is 3.73. The lowest BCUT2D eigenvalue weighted by atomic mass is 10.00. The molecule has 0 saturated heterocycles. The Morgan fingerprint density at radius 3 is 2.31 bits per heavy atom. The minimum atomic E-state index is -3.36. The van der Waals surface area contributed by atoms with E-state index in [1.807, 2.05) is 0 Å². The molecule has 2 aromatic rings. The minimum absolute atomic E-state index is 0.0700. The number of alkyl halides is 2. The molecule has 0 spiro atoms. The second-order valence-electron chi connectivity index (χ2n) is 6.12. The van der Waals surface area contributed by atoms with Crippen LogP contribution in [0.1, 0.15) is 41.6 Å². The SMILES string of the molecule is O=C(Nc1cc(C(F)F)ccc1Cl)c1ccc(S(=O)(=O)C2CCC2)cc1. The standard InChI is InChI=1S/C18H16ClF2NO3S/c19-15-9-6-12(17(20)21)10-16(15)22-18(23)11-4-7-14(8-5-11)26(24,25)13-2-1-3-13/h4-10,13,17H,1-3H2,(H,22,23). The number of halogens is 3. The predicted octanol–water partition coefficient (Wildman–Crippen LogP) is 4.86. The van der Waals surface area contributed by atoms with Gasteiger partial charge < -0.3 is 5.32 Å². The van der Waals surface area contributed by atoms with Crippen molar-refractivity contribution in [3.05, 3.63) is 58.6 Å². The van der Waals surface area contributed by atoms with E-state index in [1.165, 1.54) is 36.4 Å². The number of carbonyl (C=O) groups excluding carboxylic acids is 1. The Morgan fingerprint density at radius 2 is 1.77 bits per heavy atom. The number of benzene rings is 2. The van der Waals surface area contributed by atoms with Crippen LogP contribution in [0.15, 0.2) is 47.4 Å². The van der Waals surface area contributed by atoms with E-state index < -0.39 is 22.2 Å². The highest BCUT2D eigenvalue weighted by Gasteiger charge is 2.32. The first-order chi connectivity index (χ1) is 12.3. The van der Waals surface area contributed by atoms with E-state index in [4.69, 9.17) is 11.6 Å². The van der Waals surface area contributed by atoms with E-state index in [9.17, 15) is 22.0 Å². The lowest BCUT2D eigenvalue weighted by molar-refractivity contribution is 0.102. The van der Waals surface area contributed by atoms with Gasteiger partial charge in [-0.05, 0) is 49.2 Å². The van der Waals surface area contributed by atoms with Crippen molar-refractivity contribution in [2.75, 3.05) is 5.32 Å². The summed E-state index contributed by atoms with van der Waals surface area (Å²) in [4.78, 5) is 12.5. The molecule has 8 heteroatoms. The number of hydrogen-bond acceptors (Lipinski definition) is 3. The molecule has 1 aliphatic rings. The molecular weight excluding hydrogens is 384 g/mol. The minimum Gasteiger partial charge on any atom is -0.321 e. The van der Waals surface area contributed by atoms with Gasteiger partial charge in [0, 0.05) is 11.1 Å². The maximum Gasteiger partial charge on any atom is 0.263 e. The van der Waals surface area contributed by atoms with E-state index in [0.717, 1.165) is 12.5 Å². The highest BCUT2D eigenvalue weighted by Crippen LogP contribution is 2.31. The van der Waals surface area contributed by atoms with Crippen LogP contribution >= 0.6 is 11.6 Å². The fraction of sp³-hybridized carbons (Fsp3) is 0.278. The summed E-state index contributed by atoms with van der Waals surface area (Å²) in [5, 5.41) is 2.25. The van der Waals surface area contributed by atoms with Gasteiger partial charge in [-0.25, -0.2) is 17.2 Å². The van der Waals surface area contributed by atoms with Crippen LogP contribution in [0.5, 0.6) is 0 Å². The van der Waals surface area contributed by atoms with Gasteiger partial charge in [0.2, 0.25) is 0 Å². The molecule has 0 radical (unpaired) electrons. The molecule has 0 atom stereocenters.